The number of rotatable bonds is 9. The van der Waals surface area contributed by atoms with Crippen LogP contribution in [0.5, 0.6) is 17.2 Å². The van der Waals surface area contributed by atoms with Gasteiger partial charge in [0.25, 0.3) is 11.8 Å². The highest BCUT2D eigenvalue weighted by atomic mass is 16.5. The van der Waals surface area contributed by atoms with E-state index in [0.717, 1.165) is 0 Å². The minimum Gasteiger partial charge on any atom is -0.508 e. The van der Waals surface area contributed by atoms with Gasteiger partial charge in [-0.2, -0.15) is 0 Å². The first-order valence-corrected chi connectivity index (χ1v) is 8.28. The van der Waals surface area contributed by atoms with Gasteiger partial charge in [-0.1, -0.05) is 18.2 Å². The highest BCUT2D eigenvalue weighted by Crippen LogP contribution is 2.26. The fourth-order valence-electron chi connectivity index (χ4n) is 2.17. The number of amides is 2. The van der Waals surface area contributed by atoms with Crippen molar-refractivity contribution in [1.29, 1.82) is 0 Å². The molecule has 2 amide bonds. The van der Waals surface area contributed by atoms with Gasteiger partial charge in [0.05, 0.1) is 6.61 Å². The molecule has 2 rings (SSSR count). The van der Waals surface area contributed by atoms with Crippen molar-refractivity contribution in [2.45, 2.75) is 6.92 Å². The molecule has 138 valence electrons. The second-order valence-corrected chi connectivity index (χ2v) is 5.32. The van der Waals surface area contributed by atoms with E-state index in [0.29, 0.717) is 23.7 Å². The Bertz CT molecular complexity index is 748. The predicted molar refractivity (Wildman–Crippen MR) is 96.6 cm³/mol. The van der Waals surface area contributed by atoms with E-state index in [9.17, 15) is 14.7 Å². The number of carbonyl (C=O) groups excluding carboxylic acids is 2. The summed E-state index contributed by atoms with van der Waals surface area (Å²) in [6.07, 6.45) is 0. The van der Waals surface area contributed by atoms with Crippen molar-refractivity contribution < 1.29 is 24.2 Å². The van der Waals surface area contributed by atoms with E-state index in [4.69, 9.17) is 9.47 Å². The first-order chi connectivity index (χ1) is 12.6. The van der Waals surface area contributed by atoms with E-state index in [2.05, 4.69) is 10.6 Å². The molecule has 3 N–H and O–H groups in total. The standard InChI is InChI=1S/C19H22N2O5/c1-2-25-16-8-3-4-9-17(16)26-13-18(23)20-10-11-21-19(24)14-6-5-7-15(22)12-14/h3-9,12,22H,2,10-11,13H2,1H3,(H,20,23)(H,21,24). The Morgan fingerprint density at radius 1 is 0.962 bits per heavy atom. The normalized spacial score (nSPS) is 10.0. The fourth-order valence-corrected chi connectivity index (χ4v) is 2.17. The number of ether oxygens (including phenoxy) is 2. The number of carbonyl (C=O) groups is 2. The Morgan fingerprint density at radius 3 is 2.35 bits per heavy atom. The Kier molecular flexibility index (Phi) is 7.30. The van der Waals surface area contributed by atoms with Crippen molar-refractivity contribution >= 4 is 11.8 Å². The van der Waals surface area contributed by atoms with Crippen molar-refractivity contribution in [2.24, 2.45) is 0 Å². The SMILES string of the molecule is CCOc1ccccc1OCC(=O)NCCNC(=O)c1cccc(O)c1. The minimum absolute atomic E-state index is 0.0236. The molecule has 0 heterocycles. The molecule has 0 saturated heterocycles. The fraction of sp³-hybridized carbons (Fsp3) is 0.263. The van der Waals surface area contributed by atoms with Crippen molar-refractivity contribution in [3.05, 3.63) is 54.1 Å². The molecule has 0 aromatic heterocycles. The summed E-state index contributed by atoms with van der Waals surface area (Å²) in [5, 5.41) is 14.7. The van der Waals surface area contributed by atoms with Gasteiger partial charge in [0.1, 0.15) is 5.75 Å². The number of phenolic OH excluding ortho intramolecular Hbond substituents is 1. The number of aromatic hydroxyl groups is 1. The molecule has 0 radical (unpaired) electrons. The molecule has 0 bridgehead atoms. The zero-order valence-corrected chi connectivity index (χ0v) is 14.5. The number of hydrogen-bond donors (Lipinski definition) is 3. The monoisotopic (exact) mass is 358 g/mol. The third-order valence-corrected chi connectivity index (χ3v) is 3.35. The average Bonchev–Trinajstić information content (AvgIpc) is 2.64. The van der Waals surface area contributed by atoms with Crippen LogP contribution in [-0.2, 0) is 4.79 Å². The zero-order valence-electron chi connectivity index (χ0n) is 14.5. The van der Waals surface area contributed by atoms with E-state index in [1.165, 1.54) is 12.1 Å². The van der Waals surface area contributed by atoms with Gasteiger partial charge in [0.2, 0.25) is 0 Å². The van der Waals surface area contributed by atoms with Crippen LogP contribution in [0.25, 0.3) is 0 Å². The molecule has 0 spiro atoms. The molecule has 7 nitrogen and oxygen atoms in total. The topological polar surface area (TPSA) is 96.9 Å². The van der Waals surface area contributed by atoms with Crippen LogP contribution in [0, 0.1) is 0 Å². The summed E-state index contributed by atoms with van der Waals surface area (Å²) in [4.78, 5) is 23.7. The van der Waals surface area contributed by atoms with Crippen LogP contribution in [0.3, 0.4) is 0 Å². The molecule has 0 aliphatic carbocycles. The first kappa shape index (κ1) is 19.1. The number of hydrogen-bond acceptors (Lipinski definition) is 5. The van der Waals surface area contributed by atoms with Crippen molar-refractivity contribution in [2.75, 3.05) is 26.3 Å². The molecule has 0 fully saturated rings. The molecule has 0 atom stereocenters. The largest absolute Gasteiger partial charge is 0.508 e. The van der Waals surface area contributed by atoms with Gasteiger partial charge < -0.3 is 25.2 Å². The molecule has 7 heteroatoms. The second kappa shape index (κ2) is 9.93. The molecular formula is C19H22N2O5. The van der Waals surface area contributed by atoms with Gasteiger partial charge in [0.15, 0.2) is 18.1 Å². The molecule has 2 aromatic rings. The highest BCUT2D eigenvalue weighted by molar-refractivity contribution is 5.94. The summed E-state index contributed by atoms with van der Waals surface area (Å²) in [5.74, 6) is 0.484. The molecule has 2 aromatic carbocycles. The van der Waals surface area contributed by atoms with Gasteiger partial charge in [-0.15, -0.1) is 0 Å². The van der Waals surface area contributed by atoms with Crippen LogP contribution >= 0.6 is 0 Å². The van der Waals surface area contributed by atoms with E-state index in [1.54, 1.807) is 30.3 Å². The smallest absolute Gasteiger partial charge is 0.258 e. The van der Waals surface area contributed by atoms with E-state index >= 15 is 0 Å². The summed E-state index contributed by atoms with van der Waals surface area (Å²) in [6.45, 7) is 2.75. The molecule has 26 heavy (non-hydrogen) atoms. The van der Waals surface area contributed by atoms with Crippen molar-refractivity contribution in [3.63, 3.8) is 0 Å². The molecule has 0 saturated carbocycles. The Balaban J connectivity index is 1.69. The number of nitrogens with one attached hydrogen (secondary N) is 2. The Hall–Kier alpha value is -3.22. The third-order valence-electron chi connectivity index (χ3n) is 3.35. The average molecular weight is 358 g/mol. The molecule has 0 aliphatic heterocycles. The lowest BCUT2D eigenvalue weighted by Crippen LogP contribution is -2.36. The van der Waals surface area contributed by atoms with Crippen LogP contribution in [0.1, 0.15) is 17.3 Å². The van der Waals surface area contributed by atoms with Crippen molar-refractivity contribution in [1.82, 2.24) is 10.6 Å². The van der Waals surface area contributed by atoms with Gasteiger partial charge in [0, 0.05) is 18.7 Å². The Morgan fingerprint density at radius 2 is 1.65 bits per heavy atom. The summed E-state index contributed by atoms with van der Waals surface area (Å²) in [5.41, 5.74) is 0.354. The highest BCUT2D eigenvalue weighted by Gasteiger charge is 2.08. The minimum atomic E-state index is -0.322. The van der Waals surface area contributed by atoms with E-state index in [-0.39, 0.29) is 37.3 Å². The predicted octanol–water partition coefficient (Wildman–Crippen LogP) is 1.72. The summed E-state index contributed by atoms with van der Waals surface area (Å²) < 4.78 is 10.9. The van der Waals surface area contributed by atoms with Gasteiger partial charge in [-0.3, -0.25) is 9.59 Å². The van der Waals surface area contributed by atoms with Crippen LogP contribution < -0.4 is 20.1 Å². The quantitative estimate of drug-likeness (QED) is 0.593. The lowest BCUT2D eigenvalue weighted by molar-refractivity contribution is -0.123. The molecule has 0 unspecified atom stereocenters. The van der Waals surface area contributed by atoms with Crippen LogP contribution in [0.15, 0.2) is 48.5 Å². The second-order valence-electron chi connectivity index (χ2n) is 5.32. The van der Waals surface area contributed by atoms with E-state index in [1.807, 2.05) is 13.0 Å². The Labute approximate surface area is 151 Å². The van der Waals surface area contributed by atoms with Crippen LogP contribution in [-0.4, -0.2) is 43.2 Å². The van der Waals surface area contributed by atoms with E-state index < -0.39 is 0 Å². The van der Waals surface area contributed by atoms with Crippen LogP contribution in [0.4, 0.5) is 0 Å². The number of benzene rings is 2. The zero-order chi connectivity index (χ0) is 18.8. The summed E-state index contributed by atoms with van der Waals surface area (Å²) in [7, 11) is 0. The number of phenols is 1. The number of para-hydroxylation sites is 2. The van der Waals surface area contributed by atoms with Gasteiger partial charge in [-0.05, 0) is 37.3 Å². The lowest BCUT2D eigenvalue weighted by Gasteiger charge is -2.12. The summed E-state index contributed by atoms with van der Waals surface area (Å²) in [6, 6.07) is 13.2. The molecule has 0 aliphatic rings. The van der Waals surface area contributed by atoms with Gasteiger partial charge >= 0.3 is 0 Å². The van der Waals surface area contributed by atoms with Crippen LogP contribution in [0.2, 0.25) is 0 Å². The summed E-state index contributed by atoms with van der Waals surface area (Å²) >= 11 is 0. The third kappa shape index (κ3) is 6.01. The maximum atomic E-state index is 11.9. The first-order valence-electron chi connectivity index (χ1n) is 8.28. The lowest BCUT2D eigenvalue weighted by atomic mass is 10.2. The maximum absolute atomic E-state index is 11.9. The van der Waals surface area contributed by atoms with Crippen molar-refractivity contribution in [3.8, 4) is 17.2 Å². The molecular weight excluding hydrogens is 336 g/mol. The maximum Gasteiger partial charge on any atom is 0.258 e. The van der Waals surface area contributed by atoms with Gasteiger partial charge in [-0.25, -0.2) is 0 Å².